The van der Waals surface area contributed by atoms with Gasteiger partial charge in [0.25, 0.3) is 5.91 Å². The van der Waals surface area contributed by atoms with Crippen molar-refractivity contribution < 1.29 is 26.8 Å². The van der Waals surface area contributed by atoms with Crippen LogP contribution in [0.3, 0.4) is 0 Å². The summed E-state index contributed by atoms with van der Waals surface area (Å²) in [6.45, 7) is 0.0608. The number of nitroso groups, excluding NO2 is 1. The molecule has 0 aromatic heterocycles. The predicted molar refractivity (Wildman–Crippen MR) is 57.3 cm³/mol. The van der Waals surface area contributed by atoms with Gasteiger partial charge >= 0.3 is 16.4 Å². The third-order valence-electron chi connectivity index (χ3n) is 2.96. The molecule has 2 atom stereocenters. The lowest BCUT2D eigenvalue weighted by molar-refractivity contribution is -0.126. The van der Waals surface area contributed by atoms with E-state index in [1.165, 1.54) is 0 Å². The summed E-state index contributed by atoms with van der Waals surface area (Å²) in [6, 6.07) is -2.37. The van der Waals surface area contributed by atoms with Crippen LogP contribution in [0.1, 0.15) is 12.8 Å². The highest BCUT2D eigenvalue weighted by Crippen LogP contribution is 2.30. The molecule has 2 aliphatic rings. The highest BCUT2D eigenvalue weighted by Gasteiger charge is 2.49. The van der Waals surface area contributed by atoms with E-state index in [0.717, 1.165) is 4.90 Å². The summed E-state index contributed by atoms with van der Waals surface area (Å²) in [6.07, 6.45) is 0.512. The van der Waals surface area contributed by atoms with Gasteiger partial charge in [-0.1, -0.05) is 0 Å². The fourth-order valence-electron chi connectivity index (χ4n) is 2.22. The molecule has 2 fully saturated rings. The number of carbonyl (C=O) groups is 2. The number of urea groups is 1. The van der Waals surface area contributed by atoms with Gasteiger partial charge in [-0.25, -0.2) is 10.2 Å². The first-order valence-corrected chi connectivity index (χ1v) is 6.59. The minimum absolute atomic E-state index is 0.0608. The summed E-state index contributed by atoms with van der Waals surface area (Å²) >= 11 is 0. The summed E-state index contributed by atoms with van der Waals surface area (Å²) in [5.74, 6) is -0.754. The van der Waals surface area contributed by atoms with Gasteiger partial charge in [0, 0.05) is 6.54 Å². The zero-order valence-corrected chi connectivity index (χ0v) is 10.2. The number of fused-ring (bicyclic) bond motifs is 2. The predicted octanol–water partition coefficient (Wildman–Crippen LogP) is -1.21. The first-order chi connectivity index (χ1) is 8.83. The van der Waals surface area contributed by atoms with E-state index in [9.17, 15) is 22.9 Å². The van der Waals surface area contributed by atoms with Crippen molar-refractivity contribution >= 4 is 22.3 Å². The number of carbonyl (C=O) groups excluding carboxylic acids is 2. The van der Waals surface area contributed by atoms with Crippen LogP contribution in [0.25, 0.3) is 0 Å². The Morgan fingerprint density at radius 3 is 2.74 bits per heavy atom. The second-order valence-corrected chi connectivity index (χ2v) is 5.08. The highest BCUT2D eigenvalue weighted by molar-refractivity contribution is 7.80. The van der Waals surface area contributed by atoms with E-state index >= 15 is 0 Å². The van der Waals surface area contributed by atoms with Crippen molar-refractivity contribution in [3.05, 3.63) is 4.91 Å². The molecule has 0 unspecified atom stereocenters. The lowest BCUT2D eigenvalue weighted by Crippen LogP contribution is -2.48. The molecular weight excluding hydrogens is 284 g/mol. The summed E-state index contributed by atoms with van der Waals surface area (Å²) in [5, 5.41) is 2.74. The Balaban J connectivity index is 2.15. The Hall–Kier alpha value is -1.79. The molecule has 2 bridgehead atoms. The van der Waals surface area contributed by atoms with Crippen LogP contribution in [0.5, 0.6) is 0 Å². The van der Waals surface area contributed by atoms with Crippen LogP contribution in [0.2, 0.25) is 0 Å². The van der Waals surface area contributed by atoms with Crippen LogP contribution in [0.15, 0.2) is 5.29 Å². The van der Waals surface area contributed by atoms with Crippen LogP contribution < -0.4 is 5.43 Å². The average molecular weight is 294 g/mol. The monoisotopic (exact) mass is 294 g/mol. The summed E-state index contributed by atoms with van der Waals surface area (Å²) in [4.78, 5) is 34.4. The van der Waals surface area contributed by atoms with Crippen LogP contribution in [0.4, 0.5) is 4.79 Å². The molecule has 0 spiro atoms. The number of amides is 3. The number of hydrogen-bond donors (Lipinski definition) is 2. The second-order valence-electron chi connectivity index (χ2n) is 4.08. The minimum atomic E-state index is -4.82. The van der Waals surface area contributed by atoms with Gasteiger partial charge in [0.15, 0.2) is 0 Å². The zero-order valence-electron chi connectivity index (χ0n) is 9.42. The number of hydroxylamine groups is 2. The molecule has 0 radical (unpaired) electrons. The van der Waals surface area contributed by atoms with Crippen molar-refractivity contribution in [2.45, 2.75) is 24.9 Å². The second kappa shape index (κ2) is 4.71. The molecule has 2 aliphatic heterocycles. The number of piperidine rings is 1. The molecule has 3 amide bonds. The van der Waals surface area contributed by atoms with Crippen LogP contribution >= 0.6 is 0 Å². The Kier molecular flexibility index (Phi) is 3.38. The van der Waals surface area contributed by atoms with Crippen molar-refractivity contribution in [2.75, 3.05) is 6.54 Å². The first kappa shape index (κ1) is 13.6. The van der Waals surface area contributed by atoms with Gasteiger partial charge in [-0.15, -0.1) is 9.19 Å². The zero-order chi connectivity index (χ0) is 14.2. The van der Waals surface area contributed by atoms with Gasteiger partial charge in [-0.05, 0) is 12.8 Å². The summed E-state index contributed by atoms with van der Waals surface area (Å²) in [7, 11) is -4.82. The molecule has 2 rings (SSSR count). The van der Waals surface area contributed by atoms with Crippen molar-refractivity contribution in [1.82, 2.24) is 15.4 Å². The number of nitrogens with one attached hydrogen (secondary N) is 1. The largest absolute Gasteiger partial charge is 0.418 e. The molecular formula is C7H10N4O7S. The summed E-state index contributed by atoms with van der Waals surface area (Å²) in [5.41, 5.74) is 1.69. The van der Waals surface area contributed by atoms with Gasteiger partial charge in [-0.2, -0.15) is 13.5 Å². The Morgan fingerprint density at radius 2 is 2.16 bits per heavy atom. The maximum Gasteiger partial charge on any atom is 0.418 e. The third kappa shape index (κ3) is 2.64. The van der Waals surface area contributed by atoms with E-state index in [-0.39, 0.29) is 19.4 Å². The molecule has 0 aromatic rings. The highest BCUT2D eigenvalue weighted by atomic mass is 32.3. The first-order valence-electron chi connectivity index (χ1n) is 5.22. The molecule has 0 aliphatic carbocycles. The van der Waals surface area contributed by atoms with Crippen LogP contribution in [0, 0.1) is 4.91 Å². The van der Waals surface area contributed by atoms with Crippen molar-refractivity contribution in [3.63, 3.8) is 0 Å². The molecule has 11 nitrogen and oxygen atoms in total. The van der Waals surface area contributed by atoms with Gasteiger partial charge in [0.05, 0.1) is 11.3 Å². The van der Waals surface area contributed by atoms with Crippen molar-refractivity contribution in [3.8, 4) is 0 Å². The number of rotatable bonds is 4. The lowest BCUT2D eigenvalue weighted by atomic mass is 10.0. The van der Waals surface area contributed by atoms with E-state index in [2.05, 4.69) is 9.57 Å². The Labute approximate surface area is 107 Å². The summed E-state index contributed by atoms with van der Waals surface area (Å²) < 4.78 is 34.0. The Morgan fingerprint density at radius 1 is 1.47 bits per heavy atom. The van der Waals surface area contributed by atoms with Gasteiger partial charge in [0.2, 0.25) is 0 Å². The van der Waals surface area contributed by atoms with E-state index in [1.54, 1.807) is 5.43 Å². The van der Waals surface area contributed by atoms with Crippen molar-refractivity contribution in [1.29, 1.82) is 0 Å². The number of hydrogen-bond acceptors (Lipinski definition) is 7. The van der Waals surface area contributed by atoms with E-state index in [0.29, 0.717) is 5.06 Å². The van der Waals surface area contributed by atoms with Gasteiger partial charge in [0.1, 0.15) is 6.04 Å². The fourth-order valence-corrected chi connectivity index (χ4v) is 2.61. The van der Waals surface area contributed by atoms with E-state index in [4.69, 9.17) is 4.55 Å². The molecule has 0 saturated carbocycles. The molecule has 2 N–H and O–H groups in total. The molecule has 2 saturated heterocycles. The van der Waals surface area contributed by atoms with Crippen molar-refractivity contribution in [2.24, 2.45) is 5.29 Å². The molecule has 19 heavy (non-hydrogen) atoms. The SMILES string of the molecule is O=NNC(=O)[C@@H]1CC[C@@H]2CN1C(=O)N2OS(=O)(=O)O. The van der Waals surface area contributed by atoms with Crippen LogP contribution in [-0.2, 0) is 19.5 Å². The molecule has 2 heterocycles. The van der Waals surface area contributed by atoms with Crippen LogP contribution in [-0.4, -0.2) is 53.5 Å². The molecule has 106 valence electrons. The number of nitrogens with zero attached hydrogens (tertiary/aromatic N) is 3. The standard InChI is InChI=1S/C7H10N4O7S/c12-6(8-9-14)5-2-1-4-3-10(5)7(13)11(4)18-19(15,16)17/h4-5H,1-3H2,(H,8,12,14)(H,15,16,17)/t4-,5+/m1/s1. The minimum Gasteiger partial charge on any atom is -0.309 e. The van der Waals surface area contributed by atoms with Gasteiger partial charge in [-0.3, -0.25) is 9.35 Å². The third-order valence-corrected chi connectivity index (χ3v) is 3.30. The van der Waals surface area contributed by atoms with E-state index in [1.807, 2.05) is 0 Å². The molecule has 12 heteroatoms. The average Bonchev–Trinajstić information content (AvgIpc) is 2.53. The maximum absolute atomic E-state index is 11.8. The quantitative estimate of drug-likeness (QED) is 0.375. The topological polar surface area (TPSA) is 146 Å². The Bertz CT molecular complexity index is 520. The van der Waals surface area contributed by atoms with E-state index < -0.39 is 34.4 Å². The maximum atomic E-state index is 11.8. The van der Waals surface area contributed by atoms with Gasteiger partial charge < -0.3 is 4.90 Å². The fraction of sp³-hybridized carbons (Fsp3) is 0.714. The smallest absolute Gasteiger partial charge is 0.309 e. The molecule has 0 aromatic carbocycles. The lowest BCUT2D eigenvalue weighted by Gasteiger charge is -2.28. The normalized spacial score (nSPS) is 26.5.